The van der Waals surface area contributed by atoms with Crippen molar-refractivity contribution in [1.82, 2.24) is 0 Å². The highest BCUT2D eigenvalue weighted by molar-refractivity contribution is 14.1. The van der Waals surface area contributed by atoms with E-state index in [-0.39, 0.29) is 10.2 Å². The first-order valence-corrected chi connectivity index (χ1v) is 4.69. The summed E-state index contributed by atoms with van der Waals surface area (Å²) in [5.74, 6) is -0.623. The van der Waals surface area contributed by atoms with Crippen LogP contribution in [0.3, 0.4) is 0 Å². The Labute approximate surface area is 89.4 Å². The molecule has 0 amide bonds. The Morgan fingerprint density at radius 2 is 2.17 bits per heavy atom. The van der Waals surface area contributed by atoms with Crippen molar-refractivity contribution in [3.8, 4) is 0 Å². The minimum Gasteiger partial charge on any atom is -0.258 e. The molecule has 3 nitrogen and oxygen atoms in total. The quantitative estimate of drug-likeness (QED) is 0.340. The molecule has 0 saturated carbocycles. The summed E-state index contributed by atoms with van der Waals surface area (Å²) in [6.45, 7) is 0. The molecule has 0 bridgehead atoms. The van der Waals surface area contributed by atoms with Crippen molar-refractivity contribution in [3.63, 3.8) is 0 Å². The molecule has 64 valence electrons. The lowest BCUT2D eigenvalue weighted by atomic mass is 10.3. The Balaban J connectivity index is 3.43. The minimum absolute atomic E-state index is 0.0978. The monoisotopic (exact) mass is 345 g/mol. The van der Waals surface area contributed by atoms with Gasteiger partial charge in [-0.1, -0.05) is 0 Å². The van der Waals surface area contributed by atoms with Gasteiger partial charge < -0.3 is 0 Å². The molecule has 0 N–H and O–H groups in total. The maximum atomic E-state index is 12.8. The predicted molar refractivity (Wildman–Crippen MR) is 53.5 cm³/mol. The zero-order valence-corrected chi connectivity index (χ0v) is 9.30. The molecule has 0 spiro atoms. The van der Waals surface area contributed by atoms with Gasteiger partial charge in [-0.2, -0.15) is 0 Å². The van der Waals surface area contributed by atoms with Crippen LogP contribution in [0.2, 0.25) is 0 Å². The average molecular weight is 346 g/mol. The van der Waals surface area contributed by atoms with E-state index in [1.807, 2.05) is 0 Å². The van der Waals surface area contributed by atoms with E-state index in [0.717, 1.165) is 0 Å². The third-order valence-corrected chi connectivity index (χ3v) is 2.83. The summed E-state index contributed by atoms with van der Waals surface area (Å²) in [6, 6.07) is 2.54. The minimum atomic E-state index is -0.623. The molecule has 0 atom stereocenters. The van der Waals surface area contributed by atoms with E-state index in [2.05, 4.69) is 15.9 Å². The van der Waals surface area contributed by atoms with Crippen LogP contribution in [0.5, 0.6) is 0 Å². The van der Waals surface area contributed by atoms with Gasteiger partial charge in [0.15, 0.2) is 0 Å². The van der Waals surface area contributed by atoms with E-state index < -0.39 is 10.7 Å². The number of benzene rings is 1. The average Bonchev–Trinajstić information content (AvgIpc) is 1.97. The molecule has 0 radical (unpaired) electrons. The van der Waals surface area contributed by atoms with Gasteiger partial charge in [0.2, 0.25) is 0 Å². The third kappa shape index (κ3) is 1.74. The molecule has 0 aliphatic carbocycles. The first-order chi connectivity index (χ1) is 5.54. The summed E-state index contributed by atoms with van der Waals surface area (Å²) < 4.78 is 13.1. The lowest BCUT2D eigenvalue weighted by Gasteiger charge is -1.98. The lowest BCUT2D eigenvalue weighted by molar-refractivity contribution is -0.386. The summed E-state index contributed by atoms with van der Waals surface area (Å²) in [4.78, 5) is 9.78. The number of nitro groups is 1. The van der Waals surface area contributed by atoms with E-state index >= 15 is 0 Å². The number of nitro benzene ring substituents is 1. The van der Waals surface area contributed by atoms with Crippen LogP contribution in [0.4, 0.5) is 10.1 Å². The van der Waals surface area contributed by atoms with Gasteiger partial charge in [0.25, 0.3) is 5.69 Å². The van der Waals surface area contributed by atoms with Crippen LogP contribution < -0.4 is 0 Å². The number of hydrogen-bond donors (Lipinski definition) is 0. The second-order valence-corrected chi connectivity index (χ2v) is 3.90. The van der Waals surface area contributed by atoms with E-state index in [9.17, 15) is 14.5 Å². The molecule has 1 aromatic carbocycles. The van der Waals surface area contributed by atoms with Gasteiger partial charge in [-0.3, -0.25) is 10.1 Å². The molecule has 0 aromatic heterocycles. The Morgan fingerprint density at radius 1 is 1.58 bits per heavy atom. The molecule has 0 aliphatic heterocycles. The molecule has 0 aliphatic rings. The standard InChI is InChI=1S/C6H2BrFINO2/c7-5-3(8)1-2-4(9)6(5)10(11)12/h1-2H. The molecule has 0 heterocycles. The first-order valence-electron chi connectivity index (χ1n) is 2.82. The van der Waals surface area contributed by atoms with Crippen molar-refractivity contribution >= 4 is 44.2 Å². The van der Waals surface area contributed by atoms with Crippen LogP contribution in [-0.4, -0.2) is 4.92 Å². The molecular formula is C6H2BrFINO2. The van der Waals surface area contributed by atoms with E-state index in [4.69, 9.17) is 0 Å². The van der Waals surface area contributed by atoms with Crippen LogP contribution >= 0.6 is 38.5 Å². The van der Waals surface area contributed by atoms with Gasteiger partial charge in [-0.25, -0.2) is 4.39 Å². The summed E-state index contributed by atoms with van der Waals surface area (Å²) in [5, 5.41) is 10.4. The summed E-state index contributed by atoms with van der Waals surface area (Å²) >= 11 is 4.59. The number of halogens is 3. The summed E-state index contributed by atoms with van der Waals surface area (Å²) in [6.07, 6.45) is 0. The van der Waals surface area contributed by atoms with Crippen molar-refractivity contribution in [1.29, 1.82) is 0 Å². The van der Waals surface area contributed by atoms with Gasteiger partial charge in [0.1, 0.15) is 10.3 Å². The highest BCUT2D eigenvalue weighted by Gasteiger charge is 2.19. The number of rotatable bonds is 1. The fourth-order valence-corrected chi connectivity index (χ4v) is 2.19. The van der Waals surface area contributed by atoms with E-state index in [1.165, 1.54) is 12.1 Å². The maximum Gasteiger partial charge on any atom is 0.299 e. The Morgan fingerprint density at radius 3 is 2.58 bits per heavy atom. The highest BCUT2D eigenvalue weighted by atomic mass is 127. The predicted octanol–water partition coefficient (Wildman–Crippen LogP) is 3.10. The molecule has 6 heteroatoms. The molecule has 1 rings (SSSR count). The van der Waals surface area contributed by atoms with Crippen molar-refractivity contribution in [2.24, 2.45) is 0 Å². The number of nitrogens with zero attached hydrogens (tertiary/aromatic N) is 1. The van der Waals surface area contributed by atoms with Crippen LogP contribution in [0.25, 0.3) is 0 Å². The normalized spacial score (nSPS) is 9.92. The topological polar surface area (TPSA) is 43.1 Å². The first kappa shape index (κ1) is 9.85. The highest BCUT2D eigenvalue weighted by Crippen LogP contribution is 2.31. The van der Waals surface area contributed by atoms with Crippen LogP contribution in [0.1, 0.15) is 0 Å². The smallest absolute Gasteiger partial charge is 0.258 e. The van der Waals surface area contributed by atoms with Crippen LogP contribution in [0, 0.1) is 19.5 Å². The molecule has 1 aromatic rings. The van der Waals surface area contributed by atoms with E-state index in [0.29, 0.717) is 3.57 Å². The Bertz CT molecular complexity index is 345. The van der Waals surface area contributed by atoms with E-state index in [1.54, 1.807) is 22.6 Å². The zero-order valence-electron chi connectivity index (χ0n) is 5.55. The maximum absolute atomic E-state index is 12.8. The second-order valence-electron chi connectivity index (χ2n) is 1.95. The van der Waals surface area contributed by atoms with Crippen molar-refractivity contribution in [2.45, 2.75) is 0 Å². The Kier molecular flexibility index (Phi) is 2.99. The molecular weight excluding hydrogens is 344 g/mol. The van der Waals surface area contributed by atoms with Crippen LogP contribution in [0.15, 0.2) is 16.6 Å². The summed E-state index contributed by atoms with van der Waals surface area (Å²) in [5.41, 5.74) is -0.226. The zero-order chi connectivity index (χ0) is 9.30. The molecule has 12 heavy (non-hydrogen) atoms. The van der Waals surface area contributed by atoms with Gasteiger partial charge in [-0.15, -0.1) is 0 Å². The number of hydrogen-bond acceptors (Lipinski definition) is 2. The van der Waals surface area contributed by atoms with Crippen molar-refractivity contribution < 1.29 is 9.31 Å². The fraction of sp³-hybridized carbons (Fsp3) is 0. The van der Waals surface area contributed by atoms with Crippen molar-refractivity contribution in [3.05, 3.63) is 36.1 Å². The van der Waals surface area contributed by atoms with Crippen LogP contribution in [-0.2, 0) is 0 Å². The molecule has 0 unspecified atom stereocenters. The van der Waals surface area contributed by atoms with Gasteiger partial charge in [-0.05, 0) is 50.7 Å². The van der Waals surface area contributed by atoms with Gasteiger partial charge >= 0.3 is 0 Å². The summed E-state index contributed by atoms with van der Waals surface area (Å²) in [7, 11) is 0. The largest absolute Gasteiger partial charge is 0.299 e. The van der Waals surface area contributed by atoms with Gasteiger partial charge in [0.05, 0.1) is 8.49 Å². The molecule has 0 fully saturated rings. The lowest BCUT2D eigenvalue weighted by Crippen LogP contribution is -1.94. The third-order valence-electron chi connectivity index (χ3n) is 1.20. The second kappa shape index (κ2) is 3.65. The fourth-order valence-electron chi connectivity index (χ4n) is 0.684. The van der Waals surface area contributed by atoms with Gasteiger partial charge in [0, 0.05) is 0 Å². The molecule has 0 saturated heterocycles. The van der Waals surface area contributed by atoms with Crippen molar-refractivity contribution in [2.75, 3.05) is 0 Å². The SMILES string of the molecule is O=[N+]([O-])c1c(I)ccc(F)c1Br. The Hall–Kier alpha value is -0.240.